The molecule has 0 N–H and O–H groups in total. The molecule has 2 rings (SSSR count). The average molecular weight is 282 g/mol. The smallest absolute Gasteiger partial charge is 0.310 e. The highest BCUT2D eigenvalue weighted by Gasteiger charge is 2.61. The molecule has 0 amide bonds. The molecule has 1 aliphatic heterocycles. The number of carbonyl (C=O) groups excluding carboxylic acids is 2. The first-order valence-electron chi connectivity index (χ1n) is 7.39. The molecule has 20 heavy (non-hydrogen) atoms. The Kier molecular flexibility index (Phi) is 3.43. The molecule has 4 heteroatoms. The number of rotatable bonds is 2. The van der Waals surface area contributed by atoms with Gasteiger partial charge in [-0.05, 0) is 52.9 Å². The maximum absolute atomic E-state index is 12.2. The third-order valence-electron chi connectivity index (χ3n) is 4.66. The molecule has 3 atom stereocenters. The molecule has 0 aromatic heterocycles. The van der Waals surface area contributed by atoms with Gasteiger partial charge in [0.2, 0.25) is 0 Å². The predicted molar refractivity (Wildman–Crippen MR) is 75.0 cm³/mol. The lowest BCUT2D eigenvalue weighted by atomic mass is 9.73. The molecule has 4 nitrogen and oxygen atoms in total. The monoisotopic (exact) mass is 282 g/mol. The minimum atomic E-state index is -0.485. The van der Waals surface area contributed by atoms with Crippen molar-refractivity contribution in [2.24, 2.45) is 17.3 Å². The number of ether oxygens (including phenoxy) is 2. The van der Waals surface area contributed by atoms with Gasteiger partial charge in [0, 0.05) is 5.92 Å². The van der Waals surface area contributed by atoms with Gasteiger partial charge in [-0.2, -0.15) is 0 Å². The van der Waals surface area contributed by atoms with Crippen LogP contribution in [0.15, 0.2) is 0 Å². The molecule has 0 spiro atoms. The average Bonchev–Trinajstić information content (AvgIpc) is 2.62. The van der Waals surface area contributed by atoms with E-state index < -0.39 is 11.2 Å². The molecule has 0 aromatic rings. The Morgan fingerprint density at radius 1 is 1.35 bits per heavy atom. The van der Waals surface area contributed by atoms with Crippen LogP contribution in [-0.2, 0) is 19.1 Å². The first kappa shape index (κ1) is 15.3. The van der Waals surface area contributed by atoms with Crippen molar-refractivity contribution in [2.45, 2.75) is 72.0 Å². The fourth-order valence-corrected chi connectivity index (χ4v) is 3.79. The van der Waals surface area contributed by atoms with Crippen molar-refractivity contribution < 1.29 is 19.1 Å². The summed E-state index contributed by atoms with van der Waals surface area (Å²) in [5.74, 6) is -0.339. The number of hydrogen-bond donors (Lipinski definition) is 0. The Balaban J connectivity index is 2.13. The van der Waals surface area contributed by atoms with Gasteiger partial charge in [0.25, 0.3) is 0 Å². The summed E-state index contributed by atoms with van der Waals surface area (Å²) >= 11 is 0. The maximum atomic E-state index is 12.2. The highest BCUT2D eigenvalue weighted by Crippen LogP contribution is 2.57. The van der Waals surface area contributed by atoms with E-state index in [1.54, 1.807) is 0 Å². The highest BCUT2D eigenvalue weighted by molar-refractivity contribution is 5.79. The van der Waals surface area contributed by atoms with Gasteiger partial charge in [-0.1, -0.05) is 6.92 Å². The van der Waals surface area contributed by atoms with E-state index in [1.165, 1.54) is 0 Å². The zero-order valence-corrected chi connectivity index (χ0v) is 13.4. The predicted octanol–water partition coefficient (Wildman–Crippen LogP) is 3.09. The molecule has 114 valence electrons. The zero-order chi connectivity index (χ0) is 15.3. The van der Waals surface area contributed by atoms with Crippen molar-refractivity contribution in [3.8, 4) is 0 Å². The lowest BCUT2D eigenvalue weighted by Gasteiger charge is -2.29. The van der Waals surface area contributed by atoms with Gasteiger partial charge < -0.3 is 9.47 Å². The second-order valence-electron chi connectivity index (χ2n) is 8.06. The number of hydrogen-bond acceptors (Lipinski definition) is 4. The van der Waals surface area contributed by atoms with Crippen molar-refractivity contribution in [2.75, 3.05) is 0 Å². The van der Waals surface area contributed by atoms with Crippen molar-refractivity contribution in [3.63, 3.8) is 0 Å². The Bertz CT molecular complexity index is 432. The second kappa shape index (κ2) is 4.47. The van der Waals surface area contributed by atoms with Gasteiger partial charge in [-0.3, -0.25) is 9.59 Å². The Labute approximate surface area is 121 Å². The van der Waals surface area contributed by atoms with Crippen LogP contribution in [0.1, 0.15) is 60.8 Å². The SMILES string of the molecule is CC(C)(C)OC(=O)C[C@@]1(C)CC[C@H]2[C@H]1C(=O)OC2(C)C. The minimum absolute atomic E-state index is 0.149. The lowest BCUT2D eigenvalue weighted by Crippen LogP contribution is -2.34. The zero-order valence-electron chi connectivity index (χ0n) is 13.4. The van der Waals surface area contributed by atoms with Crippen LogP contribution in [0, 0.1) is 17.3 Å². The quantitative estimate of drug-likeness (QED) is 0.730. The summed E-state index contributed by atoms with van der Waals surface area (Å²) < 4.78 is 10.9. The molecular weight excluding hydrogens is 256 g/mol. The van der Waals surface area contributed by atoms with Crippen LogP contribution >= 0.6 is 0 Å². The summed E-state index contributed by atoms with van der Waals surface area (Å²) in [6, 6.07) is 0. The molecule has 0 aromatic carbocycles. The van der Waals surface area contributed by atoms with E-state index in [0.717, 1.165) is 12.8 Å². The summed E-state index contributed by atoms with van der Waals surface area (Å²) in [4.78, 5) is 24.3. The van der Waals surface area contributed by atoms with Gasteiger partial charge in [0.05, 0.1) is 12.3 Å². The molecule has 1 aliphatic carbocycles. The van der Waals surface area contributed by atoms with Gasteiger partial charge >= 0.3 is 11.9 Å². The molecule has 0 bridgehead atoms. The summed E-state index contributed by atoms with van der Waals surface area (Å²) in [6.45, 7) is 11.5. The fourth-order valence-electron chi connectivity index (χ4n) is 3.79. The first-order valence-corrected chi connectivity index (χ1v) is 7.39. The van der Waals surface area contributed by atoms with Crippen molar-refractivity contribution >= 4 is 11.9 Å². The van der Waals surface area contributed by atoms with E-state index in [1.807, 2.05) is 41.5 Å². The van der Waals surface area contributed by atoms with Crippen molar-refractivity contribution in [1.82, 2.24) is 0 Å². The van der Waals surface area contributed by atoms with Crippen LogP contribution in [0.2, 0.25) is 0 Å². The first-order chi connectivity index (χ1) is 8.95. The Hall–Kier alpha value is -1.06. The topological polar surface area (TPSA) is 52.6 Å². The van der Waals surface area contributed by atoms with E-state index in [4.69, 9.17) is 9.47 Å². The fraction of sp³-hybridized carbons (Fsp3) is 0.875. The van der Waals surface area contributed by atoms with Crippen LogP contribution in [0.4, 0.5) is 0 Å². The van der Waals surface area contributed by atoms with E-state index in [9.17, 15) is 9.59 Å². The summed E-state index contributed by atoms with van der Waals surface area (Å²) in [5.41, 5.74) is -1.23. The van der Waals surface area contributed by atoms with Crippen molar-refractivity contribution in [1.29, 1.82) is 0 Å². The number of fused-ring (bicyclic) bond motifs is 1. The number of cyclic esters (lactones) is 1. The van der Waals surface area contributed by atoms with Gasteiger partial charge in [0.15, 0.2) is 0 Å². The standard InChI is InChI=1S/C16H26O4/c1-14(2,3)19-11(17)9-16(6)8-7-10-12(16)13(18)20-15(10,4)5/h10,12H,7-9H2,1-6H3/t10-,12-,16+/m0/s1. The van der Waals surface area contributed by atoms with Crippen LogP contribution in [0.25, 0.3) is 0 Å². The second-order valence-corrected chi connectivity index (χ2v) is 8.06. The molecule has 0 radical (unpaired) electrons. The normalized spacial score (nSPS) is 35.6. The molecular formula is C16H26O4. The van der Waals surface area contributed by atoms with Crippen LogP contribution in [-0.4, -0.2) is 23.1 Å². The summed E-state index contributed by atoms with van der Waals surface area (Å²) in [6.07, 6.45) is 2.10. The molecule has 1 saturated carbocycles. The number of carbonyl (C=O) groups is 2. The van der Waals surface area contributed by atoms with Gasteiger partial charge in [-0.15, -0.1) is 0 Å². The lowest BCUT2D eigenvalue weighted by molar-refractivity contribution is -0.159. The molecule has 2 aliphatic rings. The summed E-state index contributed by atoms with van der Waals surface area (Å²) in [5, 5.41) is 0. The largest absolute Gasteiger partial charge is 0.460 e. The Morgan fingerprint density at radius 3 is 2.50 bits per heavy atom. The van der Waals surface area contributed by atoms with E-state index >= 15 is 0 Å². The van der Waals surface area contributed by atoms with Crippen LogP contribution in [0.5, 0.6) is 0 Å². The third-order valence-corrected chi connectivity index (χ3v) is 4.66. The third kappa shape index (κ3) is 2.70. The van der Waals surface area contributed by atoms with E-state index in [0.29, 0.717) is 0 Å². The molecule has 2 fully saturated rings. The molecule has 1 saturated heterocycles. The van der Waals surface area contributed by atoms with Crippen molar-refractivity contribution in [3.05, 3.63) is 0 Å². The molecule has 0 unspecified atom stereocenters. The van der Waals surface area contributed by atoms with E-state index in [2.05, 4.69) is 0 Å². The summed E-state index contributed by atoms with van der Waals surface area (Å²) in [7, 11) is 0. The maximum Gasteiger partial charge on any atom is 0.310 e. The van der Waals surface area contributed by atoms with E-state index in [-0.39, 0.29) is 35.6 Å². The van der Waals surface area contributed by atoms with Crippen LogP contribution < -0.4 is 0 Å². The van der Waals surface area contributed by atoms with Crippen LogP contribution in [0.3, 0.4) is 0 Å². The minimum Gasteiger partial charge on any atom is -0.460 e. The number of esters is 2. The van der Waals surface area contributed by atoms with Gasteiger partial charge in [0.1, 0.15) is 11.2 Å². The molecule has 1 heterocycles. The highest BCUT2D eigenvalue weighted by atomic mass is 16.6. The van der Waals surface area contributed by atoms with Gasteiger partial charge in [-0.25, -0.2) is 0 Å². The Morgan fingerprint density at radius 2 is 1.95 bits per heavy atom.